The van der Waals surface area contributed by atoms with Gasteiger partial charge in [0.05, 0.1) is 5.69 Å². The fraction of sp³-hybridized carbons (Fsp3) is 0.200. The van der Waals surface area contributed by atoms with Gasteiger partial charge in [-0.05, 0) is 24.6 Å². The Hall–Kier alpha value is -2.40. The van der Waals surface area contributed by atoms with Gasteiger partial charge in [0.1, 0.15) is 11.6 Å². The summed E-state index contributed by atoms with van der Waals surface area (Å²) in [5.41, 5.74) is 8.86. The summed E-state index contributed by atoms with van der Waals surface area (Å²) < 4.78 is 0. The number of H-pyrrole nitrogens is 1. The first-order chi connectivity index (χ1) is 9.76. The number of aromatic amines is 1. The summed E-state index contributed by atoms with van der Waals surface area (Å²) in [4.78, 5) is 11.9. The fourth-order valence-electron chi connectivity index (χ4n) is 2.32. The first-order valence-electron chi connectivity index (χ1n) is 6.60. The molecule has 3 rings (SSSR count). The standard InChI is InChI=1S/C15H17N5/c1-10-19-12(8-16)7-15(20-10)18-9-11-3-2-4-14-13(11)5-6-17-14/h2-7,17H,8-9,16H2,1H3,(H,18,19,20). The molecule has 5 nitrogen and oxygen atoms in total. The molecule has 4 N–H and O–H groups in total. The van der Waals surface area contributed by atoms with Gasteiger partial charge in [0, 0.05) is 36.3 Å². The second kappa shape index (κ2) is 5.30. The van der Waals surface area contributed by atoms with Crippen molar-refractivity contribution in [1.82, 2.24) is 15.0 Å². The van der Waals surface area contributed by atoms with Gasteiger partial charge >= 0.3 is 0 Å². The Morgan fingerprint density at radius 2 is 2.15 bits per heavy atom. The molecule has 0 aliphatic carbocycles. The Morgan fingerprint density at radius 1 is 1.25 bits per heavy atom. The van der Waals surface area contributed by atoms with E-state index in [0.29, 0.717) is 6.54 Å². The number of nitrogens with one attached hydrogen (secondary N) is 2. The molecular weight excluding hydrogens is 250 g/mol. The molecule has 5 heteroatoms. The zero-order chi connectivity index (χ0) is 13.9. The number of rotatable bonds is 4. The van der Waals surface area contributed by atoms with Crippen molar-refractivity contribution < 1.29 is 0 Å². The lowest BCUT2D eigenvalue weighted by Crippen LogP contribution is -2.07. The largest absolute Gasteiger partial charge is 0.366 e. The predicted octanol–water partition coefficient (Wildman–Crippen LogP) is 2.34. The molecule has 0 atom stereocenters. The van der Waals surface area contributed by atoms with Crippen molar-refractivity contribution in [3.05, 3.63) is 53.6 Å². The van der Waals surface area contributed by atoms with Crippen LogP contribution in [0.3, 0.4) is 0 Å². The second-order valence-electron chi connectivity index (χ2n) is 4.71. The van der Waals surface area contributed by atoms with Gasteiger partial charge < -0.3 is 16.0 Å². The average Bonchev–Trinajstić information content (AvgIpc) is 2.93. The van der Waals surface area contributed by atoms with Crippen LogP contribution in [0.1, 0.15) is 17.1 Å². The quantitative estimate of drug-likeness (QED) is 0.678. The summed E-state index contributed by atoms with van der Waals surface area (Å²) in [5.74, 6) is 1.54. The molecule has 2 heterocycles. The van der Waals surface area contributed by atoms with Crippen molar-refractivity contribution >= 4 is 16.7 Å². The molecule has 0 bridgehead atoms. The summed E-state index contributed by atoms with van der Waals surface area (Å²) in [5, 5.41) is 4.56. The van der Waals surface area contributed by atoms with Gasteiger partial charge in [-0.1, -0.05) is 12.1 Å². The van der Waals surface area contributed by atoms with Gasteiger partial charge in [-0.15, -0.1) is 0 Å². The van der Waals surface area contributed by atoms with Crippen molar-refractivity contribution in [3.8, 4) is 0 Å². The van der Waals surface area contributed by atoms with E-state index in [0.717, 1.165) is 29.4 Å². The minimum Gasteiger partial charge on any atom is -0.366 e. The maximum Gasteiger partial charge on any atom is 0.130 e. The molecule has 0 saturated carbocycles. The van der Waals surface area contributed by atoms with Crippen LogP contribution in [0.4, 0.5) is 5.82 Å². The minimum absolute atomic E-state index is 0.422. The van der Waals surface area contributed by atoms with Crippen LogP contribution in [0, 0.1) is 6.92 Å². The van der Waals surface area contributed by atoms with Gasteiger partial charge in [0.15, 0.2) is 0 Å². The molecule has 0 spiro atoms. The highest BCUT2D eigenvalue weighted by atomic mass is 15.0. The number of nitrogens with two attached hydrogens (primary N) is 1. The van der Waals surface area contributed by atoms with Crippen LogP contribution in [-0.2, 0) is 13.1 Å². The second-order valence-corrected chi connectivity index (χ2v) is 4.71. The Balaban J connectivity index is 1.82. The molecule has 2 aromatic heterocycles. The Kier molecular flexibility index (Phi) is 3.35. The summed E-state index contributed by atoms with van der Waals surface area (Å²) in [7, 11) is 0. The van der Waals surface area contributed by atoms with Crippen molar-refractivity contribution in [2.75, 3.05) is 5.32 Å². The zero-order valence-electron chi connectivity index (χ0n) is 11.4. The van der Waals surface area contributed by atoms with Crippen molar-refractivity contribution in [1.29, 1.82) is 0 Å². The highest BCUT2D eigenvalue weighted by Crippen LogP contribution is 2.18. The summed E-state index contributed by atoms with van der Waals surface area (Å²) >= 11 is 0. The van der Waals surface area contributed by atoms with E-state index in [-0.39, 0.29) is 0 Å². The lowest BCUT2D eigenvalue weighted by molar-refractivity contribution is 0.921. The summed E-state index contributed by atoms with van der Waals surface area (Å²) in [6.45, 7) is 3.01. The van der Waals surface area contributed by atoms with E-state index in [2.05, 4.69) is 38.5 Å². The number of benzene rings is 1. The maximum atomic E-state index is 5.63. The number of aryl methyl sites for hydroxylation is 1. The van der Waals surface area contributed by atoms with Gasteiger partial charge in [-0.2, -0.15) is 0 Å². The molecule has 0 saturated heterocycles. The Labute approximate surface area is 117 Å². The molecular formula is C15H17N5. The number of hydrogen-bond donors (Lipinski definition) is 3. The third kappa shape index (κ3) is 2.48. The highest BCUT2D eigenvalue weighted by Gasteiger charge is 2.04. The van der Waals surface area contributed by atoms with Crippen LogP contribution >= 0.6 is 0 Å². The van der Waals surface area contributed by atoms with Crippen molar-refractivity contribution in [2.45, 2.75) is 20.0 Å². The van der Waals surface area contributed by atoms with E-state index < -0.39 is 0 Å². The average molecular weight is 267 g/mol. The van der Waals surface area contributed by atoms with Gasteiger partial charge in [-0.25, -0.2) is 9.97 Å². The SMILES string of the molecule is Cc1nc(CN)cc(NCc2cccc3[nH]ccc23)n1. The minimum atomic E-state index is 0.422. The monoisotopic (exact) mass is 267 g/mol. The normalized spacial score (nSPS) is 10.9. The van der Waals surface area contributed by atoms with Gasteiger partial charge in [0.2, 0.25) is 0 Å². The topological polar surface area (TPSA) is 79.6 Å². The molecule has 0 amide bonds. The van der Waals surface area contributed by atoms with Crippen molar-refractivity contribution in [2.24, 2.45) is 5.73 Å². The third-order valence-corrected chi connectivity index (χ3v) is 3.25. The van der Waals surface area contributed by atoms with Crippen LogP contribution in [-0.4, -0.2) is 15.0 Å². The highest BCUT2D eigenvalue weighted by molar-refractivity contribution is 5.83. The molecule has 1 aromatic carbocycles. The summed E-state index contributed by atoms with van der Waals surface area (Å²) in [6.07, 6.45) is 1.95. The number of fused-ring (bicyclic) bond motifs is 1. The molecule has 0 aliphatic rings. The zero-order valence-corrected chi connectivity index (χ0v) is 11.4. The van der Waals surface area contributed by atoms with Gasteiger partial charge in [0.25, 0.3) is 0 Å². The summed E-state index contributed by atoms with van der Waals surface area (Å²) in [6, 6.07) is 10.2. The van der Waals surface area contributed by atoms with Gasteiger partial charge in [-0.3, -0.25) is 0 Å². The Morgan fingerprint density at radius 3 is 3.00 bits per heavy atom. The van der Waals surface area contributed by atoms with Crippen LogP contribution < -0.4 is 11.1 Å². The van der Waals surface area contributed by atoms with E-state index in [1.165, 1.54) is 10.9 Å². The van der Waals surface area contributed by atoms with Crippen molar-refractivity contribution in [3.63, 3.8) is 0 Å². The number of hydrogen-bond acceptors (Lipinski definition) is 4. The molecule has 0 unspecified atom stereocenters. The van der Waals surface area contributed by atoms with E-state index in [1.54, 1.807) is 0 Å². The molecule has 0 radical (unpaired) electrons. The predicted molar refractivity (Wildman–Crippen MR) is 80.3 cm³/mol. The first kappa shape index (κ1) is 12.6. The first-order valence-corrected chi connectivity index (χ1v) is 6.60. The smallest absolute Gasteiger partial charge is 0.130 e. The maximum absolute atomic E-state index is 5.63. The molecule has 20 heavy (non-hydrogen) atoms. The fourth-order valence-corrected chi connectivity index (χ4v) is 2.32. The lowest BCUT2D eigenvalue weighted by atomic mass is 10.1. The van der Waals surface area contributed by atoms with Crippen LogP contribution in [0.5, 0.6) is 0 Å². The van der Waals surface area contributed by atoms with Crippen LogP contribution in [0.25, 0.3) is 10.9 Å². The van der Waals surface area contributed by atoms with Crippen LogP contribution in [0.2, 0.25) is 0 Å². The number of anilines is 1. The lowest BCUT2D eigenvalue weighted by Gasteiger charge is -2.09. The third-order valence-electron chi connectivity index (χ3n) is 3.25. The number of nitrogens with zero attached hydrogens (tertiary/aromatic N) is 2. The Bertz CT molecular complexity index is 732. The van der Waals surface area contributed by atoms with Crippen LogP contribution in [0.15, 0.2) is 36.5 Å². The number of aromatic nitrogens is 3. The molecule has 102 valence electrons. The van der Waals surface area contributed by atoms with E-state index in [1.807, 2.05) is 25.3 Å². The molecule has 0 fully saturated rings. The molecule has 3 aromatic rings. The molecule has 0 aliphatic heterocycles. The van der Waals surface area contributed by atoms with E-state index >= 15 is 0 Å². The van der Waals surface area contributed by atoms with E-state index in [9.17, 15) is 0 Å². The van der Waals surface area contributed by atoms with E-state index in [4.69, 9.17) is 5.73 Å².